The van der Waals surface area contributed by atoms with Gasteiger partial charge in [0.15, 0.2) is 23.1 Å². The van der Waals surface area contributed by atoms with E-state index in [4.69, 9.17) is 9.47 Å². The lowest BCUT2D eigenvalue weighted by Crippen LogP contribution is -2.06. The number of ether oxygens (including phenoxy) is 2. The molecule has 0 saturated carbocycles. The van der Waals surface area contributed by atoms with Crippen molar-refractivity contribution >= 4 is 24.6 Å². The molecule has 1 rings (SSSR count). The van der Waals surface area contributed by atoms with Crippen molar-refractivity contribution in [1.82, 2.24) is 0 Å². The highest BCUT2D eigenvalue weighted by Crippen LogP contribution is 2.28. The van der Waals surface area contributed by atoms with E-state index in [9.17, 15) is 9.59 Å². The summed E-state index contributed by atoms with van der Waals surface area (Å²) in [5.41, 5.74) is 0.941. The standard InChI is InChI=1S/C17H20N2O4/c1-12(10-19-11-18-2)14(20)6-7-15(21)13-5-8-16(22-3)17(9-13)23-4/h5,8-11H,2,6-7H2,1,3-4H3/b12-10+,19-11?. The fraction of sp³-hybridized carbons (Fsp3) is 0.294. The molecular weight excluding hydrogens is 296 g/mol. The van der Waals surface area contributed by atoms with Crippen molar-refractivity contribution in [3.05, 3.63) is 35.5 Å². The molecule has 0 radical (unpaired) electrons. The van der Waals surface area contributed by atoms with Crippen LogP contribution in [-0.4, -0.2) is 38.8 Å². The highest BCUT2D eigenvalue weighted by Gasteiger charge is 2.13. The smallest absolute Gasteiger partial charge is 0.163 e. The van der Waals surface area contributed by atoms with E-state index in [1.807, 2.05) is 0 Å². The van der Waals surface area contributed by atoms with E-state index in [0.29, 0.717) is 22.6 Å². The molecule has 0 aliphatic carbocycles. The molecule has 122 valence electrons. The van der Waals surface area contributed by atoms with Gasteiger partial charge in [-0.15, -0.1) is 0 Å². The van der Waals surface area contributed by atoms with Crippen LogP contribution in [0.5, 0.6) is 11.5 Å². The zero-order valence-corrected chi connectivity index (χ0v) is 13.5. The Hall–Kier alpha value is -2.76. The lowest BCUT2D eigenvalue weighted by atomic mass is 10.0. The van der Waals surface area contributed by atoms with Crippen molar-refractivity contribution in [1.29, 1.82) is 0 Å². The van der Waals surface area contributed by atoms with E-state index in [1.54, 1.807) is 25.1 Å². The van der Waals surface area contributed by atoms with Crippen LogP contribution in [-0.2, 0) is 4.79 Å². The molecule has 0 amide bonds. The Morgan fingerprint density at radius 1 is 1.17 bits per heavy atom. The van der Waals surface area contributed by atoms with E-state index in [0.717, 1.165) is 0 Å². The van der Waals surface area contributed by atoms with Crippen molar-refractivity contribution < 1.29 is 19.1 Å². The van der Waals surface area contributed by atoms with Gasteiger partial charge in [-0.1, -0.05) is 0 Å². The molecule has 6 nitrogen and oxygen atoms in total. The molecule has 6 heteroatoms. The Balaban J connectivity index is 2.70. The molecule has 0 atom stereocenters. The average Bonchev–Trinajstić information content (AvgIpc) is 2.58. The van der Waals surface area contributed by atoms with Gasteiger partial charge in [0, 0.05) is 30.2 Å². The molecule has 0 aliphatic heterocycles. The number of aliphatic imine (C=N–C) groups is 2. The minimum Gasteiger partial charge on any atom is -0.493 e. The average molecular weight is 316 g/mol. The van der Waals surface area contributed by atoms with E-state index in [-0.39, 0.29) is 24.4 Å². The maximum Gasteiger partial charge on any atom is 0.163 e. The molecular formula is C17H20N2O4. The molecule has 1 aromatic carbocycles. The molecule has 0 aliphatic rings. The number of benzene rings is 1. The van der Waals surface area contributed by atoms with Gasteiger partial charge in [0.2, 0.25) is 0 Å². The fourth-order valence-electron chi connectivity index (χ4n) is 1.84. The molecule has 0 bridgehead atoms. The number of Topliss-reactive ketones (excluding diaryl/α,β-unsaturated/α-hetero) is 2. The third kappa shape index (κ3) is 5.50. The van der Waals surface area contributed by atoms with Gasteiger partial charge < -0.3 is 9.47 Å². The maximum absolute atomic E-state index is 12.2. The zero-order chi connectivity index (χ0) is 17.2. The number of rotatable bonds is 9. The van der Waals surface area contributed by atoms with Gasteiger partial charge in [0.1, 0.15) is 6.34 Å². The number of ketones is 2. The first-order chi connectivity index (χ1) is 11.0. The molecule has 0 fully saturated rings. The predicted octanol–water partition coefficient (Wildman–Crippen LogP) is 2.87. The minimum absolute atomic E-state index is 0.114. The fourth-order valence-corrected chi connectivity index (χ4v) is 1.84. The van der Waals surface area contributed by atoms with Gasteiger partial charge in [-0.25, -0.2) is 4.99 Å². The van der Waals surface area contributed by atoms with Crippen LogP contribution in [0.2, 0.25) is 0 Å². The molecule has 0 saturated heterocycles. The lowest BCUT2D eigenvalue weighted by Gasteiger charge is -2.09. The highest BCUT2D eigenvalue weighted by atomic mass is 16.5. The Morgan fingerprint density at radius 2 is 1.87 bits per heavy atom. The summed E-state index contributed by atoms with van der Waals surface area (Å²) >= 11 is 0. The monoisotopic (exact) mass is 316 g/mol. The lowest BCUT2D eigenvalue weighted by molar-refractivity contribution is -0.115. The second kappa shape index (κ2) is 9.30. The number of methoxy groups -OCH3 is 2. The van der Waals surface area contributed by atoms with Crippen LogP contribution in [0.4, 0.5) is 0 Å². The number of hydrogen-bond donors (Lipinski definition) is 0. The third-order valence-corrected chi connectivity index (χ3v) is 3.14. The maximum atomic E-state index is 12.2. The van der Waals surface area contributed by atoms with Crippen LogP contribution >= 0.6 is 0 Å². The van der Waals surface area contributed by atoms with E-state index >= 15 is 0 Å². The predicted molar refractivity (Wildman–Crippen MR) is 89.9 cm³/mol. The summed E-state index contributed by atoms with van der Waals surface area (Å²) in [6, 6.07) is 4.92. The van der Waals surface area contributed by atoms with Crippen LogP contribution in [0.25, 0.3) is 0 Å². The van der Waals surface area contributed by atoms with Crippen molar-refractivity contribution in [3.8, 4) is 11.5 Å². The second-order valence-electron chi connectivity index (χ2n) is 4.68. The van der Waals surface area contributed by atoms with E-state index in [2.05, 4.69) is 16.7 Å². The summed E-state index contributed by atoms with van der Waals surface area (Å²) in [4.78, 5) is 31.3. The van der Waals surface area contributed by atoms with Crippen molar-refractivity contribution in [2.24, 2.45) is 9.98 Å². The second-order valence-corrected chi connectivity index (χ2v) is 4.68. The van der Waals surface area contributed by atoms with Gasteiger partial charge in [0.25, 0.3) is 0 Å². The Labute approximate surface area is 135 Å². The van der Waals surface area contributed by atoms with Crippen LogP contribution in [0.1, 0.15) is 30.1 Å². The van der Waals surface area contributed by atoms with Crippen molar-refractivity contribution in [3.63, 3.8) is 0 Å². The van der Waals surface area contributed by atoms with Crippen LogP contribution in [0, 0.1) is 0 Å². The quantitative estimate of drug-likeness (QED) is 0.304. The van der Waals surface area contributed by atoms with Gasteiger partial charge in [-0.3, -0.25) is 14.6 Å². The van der Waals surface area contributed by atoms with E-state index in [1.165, 1.54) is 26.8 Å². The van der Waals surface area contributed by atoms with Gasteiger partial charge in [-0.2, -0.15) is 0 Å². The molecule has 1 aromatic rings. The van der Waals surface area contributed by atoms with Crippen molar-refractivity contribution in [2.45, 2.75) is 19.8 Å². The third-order valence-electron chi connectivity index (χ3n) is 3.14. The van der Waals surface area contributed by atoms with Gasteiger partial charge in [-0.05, 0) is 31.8 Å². The summed E-state index contributed by atoms with van der Waals surface area (Å²) in [7, 11) is 3.03. The summed E-state index contributed by atoms with van der Waals surface area (Å²) in [5, 5.41) is 0. The number of allylic oxidation sites excluding steroid dienone is 1. The summed E-state index contributed by atoms with van der Waals surface area (Å²) < 4.78 is 10.3. The van der Waals surface area contributed by atoms with Crippen LogP contribution in [0.15, 0.2) is 40.0 Å². The Morgan fingerprint density at radius 3 is 2.48 bits per heavy atom. The first kappa shape index (κ1) is 18.3. The molecule has 0 N–H and O–H groups in total. The molecule has 0 aromatic heterocycles. The molecule has 0 unspecified atom stereocenters. The molecule has 23 heavy (non-hydrogen) atoms. The summed E-state index contributed by atoms with van der Waals surface area (Å²) in [6.07, 6.45) is 2.87. The Bertz CT molecular complexity index is 648. The summed E-state index contributed by atoms with van der Waals surface area (Å²) in [5.74, 6) is 0.753. The number of carbonyl (C=O) groups excluding carboxylic acids is 2. The van der Waals surface area contributed by atoms with E-state index < -0.39 is 0 Å². The van der Waals surface area contributed by atoms with Gasteiger partial charge >= 0.3 is 0 Å². The summed E-state index contributed by atoms with van der Waals surface area (Å²) in [6.45, 7) is 4.89. The number of carbonyl (C=O) groups is 2. The van der Waals surface area contributed by atoms with Crippen molar-refractivity contribution in [2.75, 3.05) is 14.2 Å². The largest absolute Gasteiger partial charge is 0.493 e. The minimum atomic E-state index is -0.139. The molecule has 0 spiro atoms. The Kier molecular flexibility index (Phi) is 7.39. The number of nitrogens with zero attached hydrogens (tertiary/aromatic N) is 2. The molecule has 0 heterocycles. The number of hydrogen-bond acceptors (Lipinski definition) is 5. The SMILES string of the molecule is C=NC=N/C=C(\C)C(=O)CCC(=O)c1ccc(OC)c(OC)c1. The van der Waals surface area contributed by atoms with Crippen LogP contribution in [0.3, 0.4) is 0 Å². The van der Waals surface area contributed by atoms with Gasteiger partial charge in [0.05, 0.1) is 14.2 Å². The topological polar surface area (TPSA) is 77.3 Å². The normalized spacial score (nSPS) is 11.3. The zero-order valence-electron chi connectivity index (χ0n) is 13.5. The highest BCUT2D eigenvalue weighted by molar-refractivity contribution is 6.01. The first-order valence-corrected chi connectivity index (χ1v) is 6.96. The van der Waals surface area contributed by atoms with Crippen LogP contribution < -0.4 is 9.47 Å². The first-order valence-electron chi connectivity index (χ1n) is 6.96.